The molecule has 8 heteroatoms. The van der Waals surface area contributed by atoms with Crippen LogP contribution in [0.2, 0.25) is 0 Å². The van der Waals surface area contributed by atoms with E-state index in [2.05, 4.69) is 25.8 Å². The Balaban J connectivity index is 0.000000956. The zero-order valence-electron chi connectivity index (χ0n) is 12.2. The zero-order valence-corrected chi connectivity index (χ0v) is 13.0. The summed E-state index contributed by atoms with van der Waals surface area (Å²) < 4.78 is 10.1. The van der Waals surface area contributed by atoms with Crippen LogP contribution in [0.15, 0.2) is 17.1 Å². The Kier molecular flexibility index (Phi) is 6.68. The summed E-state index contributed by atoms with van der Waals surface area (Å²) in [6.07, 6.45) is 0. The third kappa shape index (κ3) is 4.04. The second kappa shape index (κ2) is 8.28. The molecular weight excluding hydrogens is 278 g/mol. The SMILES string of the molecule is CC.CNN/C(=N\c1nc2ccc(OC)nc2s1)OC. The minimum absolute atomic E-state index is 0.337. The van der Waals surface area contributed by atoms with E-state index >= 15 is 0 Å². The number of aliphatic imine (C=N–C) groups is 1. The molecule has 0 fully saturated rings. The molecule has 0 unspecified atom stereocenters. The number of rotatable bonds is 3. The number of nitrogens with zero attached hydrogens (tertiary/aromatic N) is 3. The average molecular weight is 297 g/mol. The van der Waals surface area contributed by atoms with E-state index in [1.807, 2.05) is 19.9 Å². The Bertz CT molecular complexity index is 570. The first-order valence-electron chi connectivity index (χ1n) is 6.14. The van der Waals surface area contributed by atoms with E-state index in [0.29, 0.717) is 17.0 Å². The third-order valence-electron chi connectivity index (χ3n) is 2.05. The van der Waals surface area contributed by atoms with Crippen molar-refractivity contribution in [3.05, 3.63) is 12.1 Å². The van der Waals surface area contributed by atoms with Crippen LogP contribution in [-0.2, 0) is 4.74 Å². The van der Waals surface area contributed by atoms with Crippen molar-refractivity contribution in [2.45, 2.75) is 13.8 Å². The molecule has 2 N–H and O–H groups in total. The van der Waals surface area contributed by atoms with Crippen LogP contribution in [0.4, 0.5) is 5.13 Å². The molecule has 0 aliphatic rings. The zero-order chi connectivity index (χ0) is 15.0. The highest BCUT2D eigenvalue weighted by molar-refractivity contribution is 7.21. The van der Waals surface area contributed by atoms with Gasteiger partial charge >= 0.3 is 6.02 Å². The van der Waals surface area contributed by atoms with Crippen molar-refractivity contribution in [2.75, 3.05) is 21.3 Å². The Hall–Kier alpha value is -1.93. The molecule has 0 bridgehead atoms. The summed E-state index contributed by atoms with van der Waals surface area (Å²) in [6, 6.07) is 3.94. The number of thiazole rings is 1. The molecule has 0 atom stereocenters. The second-order valence-electron chi connectivity index (χ2n) is 3.17. The van der Waals surface area contributed by atoms with E-state index in [-0.39, 0.29) is 0 Å². The highest BCUT2D eigenvalue weighted by atomic mass is 32.1. The molecule has 2 aromatic rings. The van der Waals surface area contributed by atoms with E-state index in [4.69, 9.17) is 9.47 Å². The van der Waals surface area contributed by atoms with Crippen molar-refractivity contribution < 1.29 is 9.47 Å². The van der Waals surface area contributed by atoms with Gasteiger partial charge in [-0.15, -0.1) is 0 Å². The first-order valence-corrected chi connectivity index (χ1v) is 6.95. The summed E-state index contributed by atoms with van der Waals surface area (Å²) in [4.78, 5) is 13.6. The first kappa shape index (κ1) is 16.1. The molecule has 0 aliphatic carbocycles. The molecule has 7 nitrogen and oxygen atoms in total. The number of hydrogen-bond donors (Lipinski definition) is 2. The number of fused-ring (bicyclic) bond motifs is 1. The van der Waals surface area contributed by atoms with E-state index < -0.39 is 0 Å². The van der Waals surface area contributed by atoms with Gasteiger partial charge in [0, 0.05) is 13.1 Å². The minimum Gasteiger partial charge on any atom is -0.481 e. The maximum Gasteiger partial charge on any atom is 0.306 e. The topological polar surface area (TPSA) is 80.7 Å². The smallest absolute Gasteiger partial charge is 0.306 e. The fourth-order valence-corrected chi connectivity index (χ4v) is 2.07. The predicted octanol–water partition coefficient (Wildman–Crippen LogP) is 2.08. The fourth-order valence-electron chi connectivity index (χ4n) is 1.27. The number of hydrazine groups is 1. The highest BCUT2D eigenvalue weighted by Crippen LogP contribution is 2.28. The predicted molar refractivity (Wildman–Crippen MR) is 81.6 cm³/mol. The quantitative estimate of drug-likeness (QED) is 0.513. The molecule has 20 heavy (non-hydrogen) atoms. The molecule has 0 saturated heterocycles. The van der Waals surface area contributed by atoms with Gasteiger partial charge in [-0.05, 0) is 6.07 Å². The Morgan fingerprint density at radius 3 is 2.60 bits per heavy atom. The summed E-state index contributed by atoms with van der Waals surface area (Å²) in [5.74, 6) is 0.557. The molecule has 0 aliphatic heterocycles. The number of ether oxygens (including phenoxy) is 2. The largest absolute Gasteiger partial charge is 0.481 e. The maximum atomic E-state index is 5.06. The highest BCUT2D eigenvalue weighted by Gasteiger charge is 2.07. The van der Waals surface area contributed by atoms with E-state index in [0.717, 1.165) is 10.3 Å². The van der Waals surface area contributed by atoms with Crippen molar-refractivity contribution >= 4 is 32.8 Å². The van der Waals surface area contributed by atoms with Crippen LogP contribution >= 0.6 is 11.3 Å². The van der Waals surface area contributed by atoms with Gasteiger partial charge in [0.1, 0.15) is 10.3 Å². The monoisotopic (exact) mass is 297 g/mol. The van der Waals surface area contributed by atoms with Crippen LogP contribution < -0.4 is 15.6 Å². The lowest BCUT2D eigenvalue weighted by Gasteiger charge is -2.03. The summed E-state index contributed by atoms with van der Waals surface area (Å²) in [6.45, 7) is 4.00. The Morgan fingerprint density at radius 1 is 1.25 bits per heavy atom. The van der Waals surface area contributed by atoms with Crippen molar-refractivity contribution in [3.8, 4) is 5.88 Å². The van der Waals surface area contributed by atoms with Gasteiger partial charge < -0.3 is 9.47 Å². The summed E-state index contributed by atoms with van der Waals surface area (Å²) in [7, 11) is 4.82. The lowest BCUT2D eigenvalue weighted by atomic mass is 10.4. The van der Waals surface area contributed by atoms with E-state index in [1.165, 1.54) is 18.4 Å². The molecule has 2 heterocycles. The standard InChI is InChI=1S/C10H13N5O2S.C2H6/c1-11-15-9(17-3)14-10-12-6-4-5-7(16-2)13-8(6)18-10;1-2/h4-5,11H,1-3H3,(H,12,14,15);1-2H3. The molecule has 0 radical (unpaired) electrons. The average Bonchev–Trinajstić information content (AvgIpc) is 2.90. The van der Waals surface area contributed by atoms with Crippen LogP contribution in [0.25, 0.3) is 10.3 Å². The minimum atomic E-state index is 0.337. The number of pyridine rings is 1. The summed E-state index contributed by atoms with van der Waals surface area (Å²) >= 11 is 1.36. The van der Waals surface area contributed by atoms with Crippen LogP contribution in [0.1, 0.15) is 13.8 Å². The molecule has 0 saturated carbocycles. The van der Waals surface area contributed by atoms with Crippen molar-refractivity contribution in [2.24, 2.45) is 4.99 Å². The van der Waals surface area contributed by atoms with Gasteiger partial charge in [0.2, 0.25) is 11.0 Å². The molecule has 2 rings (SSSR count). The Labute approximate surface area is 122 Å². The summed E-state index contributed by atoms with van der Waals surface area (Å²) in [5.41, 5.74) is 6.25. The molecule has 0 aromatic carbocycles. The van der Waals surface area contributed by atoms with Crippen LogP contribution in [0, 0.1) is 0 Å². The van der Waals surface area contributed by atoms with Crippen LogP contribution in [-0.4, -0.2) is 37.3 Å². The molecule has 2 aromatic heterocycles. The van der Waals surface area contributed by atoms with Gasteiger partial charge in [0.25, 0.3) is 0 Å². The number of amidine groups is 1. The van der Waals surface area contributed by atoms with Gasteiger partial charge in [-0.1, -0.05) is 25.2 Å². The normalized spacial score (nSPS) is 10.8. The van der Waals surface area contributed by atoms with Crippen molar-refractivity contribution in [1.29, 1.82) is 0 Å². The second-order valence-corrected chi connectivity index (χ2v) is 4.13. The Morgan fingerprint density at radius 2 is 2.00 bits per heavy atom. The third-order valence-corrected chi connectivity index (χ3v) is 2.91. The molecule has 0 spiro atoms. The molecule has 110 valence electrons. The number of hydrogen-bond acceptors (Lipinski definition) is 7. The molecular formula is C12H19N5O2S. The van der Waals surface area contributed by atoms with Crippen molar-refractivity contribution in [1.82, 2.24) is 20.8 Å². The van der Waals surface area contributed by atoms with E-state index in [1.54, 1.807) is 20.2 Å². The van der Waals surface area contributed by atoms with Gasteiger partial charge in [-0.3, -0.25) is 5.43 Å². The van der Waals surface area contributed by atoms with Crippen LogP contribution in [0.5, 0.6) is 5.88 Å². The summed E-state index contributed by atoms with van der Waals surface area (Å²) in [5, 5.41) is 0.561. The fraction of sp³-hybridized carbons (Fsp3) is 0.417. The van der Waals surface area contributed by atoms with Gasteiger partial charge in [0.15, 0.2) is 0 Å². The maximum absolute atomic E-state index is 5.06. The number of nitrogens with one attached hydrogen (secondary N) is 2. The van der Waals surface area contributed by atoms with Gasteiger partial charge in [-0.25, -0.2) is 15.4 Å². The van der Waals surface area contributed by atoms with E-state index in [9.17, 15) is 0 Å². The molecule has 0 amide bonds. The van der Waals surface area contributed by atoms with Gasteiger partial charge in [0.05, 0.1) is 14.2 Å². The first-order chi connectivity index (χ1) is 9.76. The van der Waals surface area contributed by atoms with Gasteiger partial charge in [-0.2, -0.15) is 4.99 Å². The lowest BCUT2D eigenvalue weighted by molar-refractivity contribution is 0.373. The number of methoxy groups -OCH3 is 2. The van der Waals surface area contributed by atoms with Crippen LogP contribution in [0.3, 0.4) is 0 Å². The van der Waals surface area contributed by atoms with Crippen molar-refractivity contribution in [3.63, 3.8) is 0 Å². The number of aromatic nitrogens is 2. The lowest BCUT2D eigenvalue weighted by Crippen LogP contribution is -2.35.